The highest BCUT2D eigenvalue weighted by Gasteiger charge is 2.24. The Balaban J connectivity index is 1.81. The minimum absolute atomic E-state index is 0.0234. The molecular weight excluding hydrogens is 310 g/mol. The van der Waals surface area contributed by atoms with E-state index in [2.05, 4.69) is 10.6 Å². The first-order valence-corrected chi connectivity index (χ1v) is 7.70. The van der Waals surface area contributed by atoms with Crippen molar-refractivity contribution >= 4 is 17.1 Å². The lowest BCUT2D eigenvalue weighted by Gasteiger charge is -2.16. The van der Waals surface area contributed by atoms with Gasteiger partial charge in [-0.05, 0) is 30.2 Å². The molecule has 2 aromatic rings. The van der Waals surface area contributed by atoms with Crippen molar-refractivity contribution in [3.05, 3.63) is 57.6 Å². The molecule has 2 aromatic carbocycles. The largest absolute Gasteiger partial charge is 0.497 e. The molecular formula is C17H19N3O4. The zero-order valence-corrected chi connectivity index (χ0v) is 13.3. The molecule has 0 aliphatic carbocycles. The summed E-state index contributed by atoms with van der Waals surface area (Å²) in [7, 11) is 1.56. The third kappa shape index (κ3) is 3.11. The molecule has 1 aliphatic heterocycles. The molecule has 0 fully saturated rings. The van der Waals surface area contributed by atoms with Gasteiger partial charge in [-0.3, -0.25) is 10.1 Å². The van der Waals surface area contributed by atoms with Crippen LogP contribution in [0.1, 0.15) is 17.2 Å². The Morgan fingerprint density at radius 3 is 3.00 bits per heavy atom. The fourth-order valence-corrected chi connectivity index (χ4v) is 2.90. The monoisotopic (exact) mass is 329 g/mol. The second-order valence-electron chi connectivity index (χ2n) is 5.59. The van der Waals surface area contributed by atoms with Crippen molar-refractivity contribution in [1.82, 2.24) is 0 Å². The third-order valence-corrected chi connectivity index (χ3v) is 4.13. The predicted molar refractivity (Wildman–Crippen MR) is 91.7 cm³/mol. The maximum absolute atomic E-state index is 11.3. The Labute approximate surface area is 139 Å². The zero-order chi connectivity index (χ0) is 17.1. The number of aliphatic hydroxyl groups is 1. The molecule has 0 saturated carbocycles. The average molecular weight is 329 g/mol. The molecule has 1 aliphatic rings. The van der Waals surface area contributed by atoms with Crippen molar-refractivity contribution in [3.8, 4) is 5.75 Å². The van der Waals surface area contributed by atoms with Crippen molar-refractivity contribution in [2.45, 2.75) is 12.5 Å². The van der Waals surface area contributed by atoms with E-state index < -0.39 is 11.0 Å². The van der Waals surface area contributed by atoms with Gasteiger partial charge in [-0.25, -0.2) is 0 Å². The molecule has 7 nitrogen and oxygen atoms in total. The van der Waals surface area contributed by atoms with E-state index in [-0.39, 0.29) is 12.2 Å². The number of nitrogens with one attached hydrogen (secondary N) is 2. The molecule has 0 radical (unpaired) electrons. The van der Waals surface area contributed by atoms with Crippen LogP contribution in [0.3, 0.4) is 0 Å². The van der Waals surface area contributed by atoms with Crippen molar-refractivity contribution in [2.75, 3.05) is 30.8 Å². The number of nitro benzene ring substituents is 1. The van der Waals surface area contributed by atoms with Crippen LogP contribution in [0.4, 0.5) is 17.1 Å². The second kappa shape index (κ2) is 6.76. The number of ether oxygens (including phenoxy) is 1. The molecule has 7 heteroatoms. The lowest BCUT2D eigenvalue weighted by atomic mass is 10.1. The molecule has 0 amide bonds. The highest BCUT2D eigenvalue weighted by atomic mass is 16.6. The maximum atomic E-state index is 11.3. The number of benzene rings is 2. The van der Waals surface area contributed by atoms with E-state index in [4.69, 9.17) is 4.74 Å². The number of hydrogen-bond acceptors (Lipinski definition) is 6. The topological polar surface area (TPSA) is 96.7 Å². The minimum Gasteiger partial charge on any atom is -0.497 e. The van der Waals surface area contributed by atoms with Gasteiger partial charge in [0.15, 0.2) is 0 Å². The first kappa shape index (κ1) is 16.1. The molecule has 1 atom stereocenters. The Morgan fingerprint density at radius 2 is 2.25 bits per heavy atom. The van der Waals surface area contributed by atoms with Crippen molar-refractivity contribution in [1.29, 1.82) is 0 Å². The molecule has 0 aromatic heterocycles. The summed E-state index contributed by atoms with van der Waals surface area (Å²) < 4.78 is 5.15. The van der Waals surface area contributed by atoms with Gasteiger partial charge in [-0.2, -0.15) is 0 Å². The number of aliphatic hydroxyl groups excluding tert-OH is 1. The summed E-state index contributed by atoms with van der Waals surface area (Å²) in [5, 5.41) is 27.9. The summed E-state index contributed by atoms with van der Waals surface area (Å²) in [5.74, 6) is 0.655. The summed E-state index contributed by atoms with van der Waals surface area (Å²) in [6, 6.07) is 10.3. The molecule has 3 rings (SSSR count). The van der Waals surface area contributed by atoms with E-state index in [0.29, 0.717) is 23.4 Å². The summed E-state index contributed by atoms with van der Waals surface area (Å²) >= 11 is 0. The SMILES string of the molecule is COc1cccc([C@@H](O)CNc2c([N+](=O)[O-])ccc3c2CCN3)c1. The number of rotatable bonds is 6. The Kier molecular flexibility index (Phi) is 4.52. The number of methoxy groups -OCH3 is 1. The van der Waals surface area contributed by atoms with Crippen molar-refractivity contribution in [2.24, 2.45) is 0 Å². The van der Waals surface area contributed by atoms with Gasteiger partial charge in [-0.15, -0.1) is 0 Å². The normalized spacial score (nSPS) is 13.8. The summed E-state index contributed by atoms with van der Waals surface area (Å²) in [6.45, 7) is 0.925. The fourth-order valence-electron chi connectivity index (χ4n) is 2.90. The first-order valence-electron chi connectivity index (χ1n) is 7.70. The van der Waals surface area contributed by atoms with Crippen LogP contribution >= 0.6 is 0 Å². The molecule has 0 unspecified atom stereocenters. The quantitative estimate of drug-likeness (QED) is 0.557. The van der Waals surface area contributed by atoms with Gasteiger partial charge in [-0.1, -0.05) is 12.1 Å². The standard InChI is InChI=1S/C17H19N3O4/c1-24-12-4-2-3-11(9-12)16(21)10-19-17-13-7-8-18-14(13)5-6-15(17)20(22)23/h2-6,9,16,18-19,21H,7-8,10H2,1H3/t16-/m0/s1. The van der Waals surface area contributed by atoms with Gasteiger partial charge < -0.3 is 20.5 Å². The lowest BCUT2D eigenvalue weighted by molar-refractivity contribution is -0.384. The Bertz CT molecular complexity index is 763. The average Bonchev–Trinajstić information content (AvgIpc) is 3.08. The number of hydrogen-bond donors (Lipinski definition) is 3. The molecule has 3 N–H and O–H groups in total. The van der Waals surface area contributed by atoms with Gasteiger partial charge in [0.05, 0.1) is 18.1 Å². The van der Waals surface area contributed by atoms with Crippen LogP contribution in [0.25, 0.3) is 0 Å². The molecule has 1 heterocycles. The smallest absolute Gasteiger partial charge is 0.292 e. The minimum atomic E-state index is -0.801. The molecule has 24 heavy (non-hydrogen) atoms. The van der Waals surface area contributed by atoms with E-state index in [1.807, 2.05) is 0 Å². The number of anilines is 2. The summed E-state index contributed by atoms with van der Waals surface area (Å²) in [5.41, 5.74) is 2.98. The predicted octanol–water partition coefficient (Wildman–Crippen LogP) is 2.72. The second-order valence-corrected chi connectivity index (χ2v) is 5.59. The summed E-state index contributed by atoms with van der Waals surface area (Å²) in [6.07, 6.45) is -0.0841. The molecule has 0 saturated heterocycles. The lowest BCUT2D eigenvalue weighted by Crippen LogP contribution is -2.14. The van der Waals surface area contributed by atoms with Crippen LogP contribution < -0.4 is 15.4 Å². The number of nitrogens with zero attached hydrogens (tertiary/aromatic N) is 1. The van der Waals surface area contributed by atoms with Gasteiger partial charge in [0.25, 0.3) is 5.69 Å². The van der Waals surface area contributed by atoms with Crippen LogP contribution in [0, 0.1) is 10.1 Å². The van der Waals surface area contributed by atoms with E-state index in [1.165, 1.54) is 6.07 Å². The fraction of sp³-hybridized carbons (Fsp3) is 0.294. The van der Waals surface area contributed by atoms with Crippen LogP contribution in [-0.4, -0.2) is 30.2 Å². The van der Waals surface area contributed by atoms with Crippen LogP contribution in [0.15, 0.2) is 36.4 Å². The summed E-state index contributed by atoms with van der Waals surface area (Å²) in [4.78, 5) is 10.9. The Morgan fingerprint density at radius 1 is 1.42 bits per heavy atom. The van der Waals surface area contributed by atoms with E-state index in [1.54, 1.807) is 37.4 Å². The van der Waals surface area contributed by atoms with Crippen molar-refractivity contribution in [3.63, 3.8) is 0 Å². The highest BCUT2D eigenvalue weighted by molar-refractivity contribution is 5.77. The first-order chi connectivity index (χ1) is 11.6. The van der Waals surface area contributed by atoms with Gasteiger partial charge in [0.2, 0.25) is 0 Å². The van der Waals surface area contributed by atoms with E-state index in [0.717, 1.165) is 17.8 Å². The third-order valence-electron chi connectivity index (χ3n) is 4.13. The highest BCUT2D eigenvalue weighted by Crippen LogP contribution is 2.37. The van der Waals surface area contributed by atoms with E-state index in [9.17, 15) is 15.2 Å². The molecule has 126 valence electrons. The molecule has 0 bridgehead atoms. The van der Waals surface area contributed by atoms with Gasteiger partial charge >= 0.3 is 0 Å². The van der Waals surface area contributed by atoms with Crippen molar-refractivity contribution < 1.29 is 14.8 Å². The molecule has 0 spiro atoms. The zero-order valence-electron chi connectivity index (χ0n) is 13.3. The van der Waals surface area contributed by atoms with Gasteiger partial charge in [0, 0.05) is 30.4 Å². The number of nitro groups is 1. The van der Waals surface area contributed by atoms with Crippen LogP contribution in [0.5, 0.6) is 5.75 Å². The Hall–Kier alpha value is -2.80. The maximum Gasteiger partial charge on any atom is 0.292 e. The number of fused-ring (bicyclic) bond motifs is 1. The van der Waals surface area contributed by atoms with E-state index >= 15 is 0 Å². The van der Waals surface area contributed by atoms with Gasteiger partial charge in [0.1, 0.15) is 11.4 Å². The van der Waals surface area contributed by atoms with Crippen LogP contribution in [-0.2, 0) is 6.42 Å². The van der Waals surface area contributed by atoms with Crippen LogP contribution in [0.2, 0.25) is 0 Å².